The number of aromatic hydroxyl groups is 1. The lowest BCUT2D eigenvalue weighted by Gasteiger charge is -2.33. The Morgan fingerprint density at radius 2 is 2.00 bits per heavy atom. The summed E-state index contributed by atoms with van der Waals surface area (Å²) in [5.41, 5.74) is 1.09. The van der Waals surface area contributed by atoms with E-state index in [-0.39, 0.29) is 5.75 Å². The van der Waals surface area contributed by atoms with Gasteiger partial charge in [-0.2, -0.15) is 0 Å². The Hall–Kier alpha value is -0.620. The third-order valence-electron chi connectivity index (χ3n) is 3.11. The lowest BCUT2D eigenvalue weighted by Crippen LogP contribution is -2.46. The Kier molecular flexibility index (Phi) is 4.61. The van der Waals surface area contributed by atoms with E-state index in [1.807, 2.05) is 10.4 Å². The fourth-order valence-electron chi connectivity index (χ4n) is 2.05. The van der Waals surface area contributed by atoms with Crippen molar-refractivity contribution in [3.05, 3.63) is 28.8 Å². The maximum atomic E-state index is 11.3. The number of halogens is 1. The highest BCUT2D eigenvalue weighted by atomic mass is 35.5. The molecule has 1 unspecified atom stereocenters. The van der Waals surface area contributed by atoms with Gasteiger partial charge in [-0.05, 0) is 17.7 Å². The fourth-order valence-corrected chi connectivity index (χ4v) is 2.93. The molecule has 4 nitrogen and oxygen atoms in total. The van der Waals surface area contributed by atoms with Crippen molar-refractivity contribution in [2.75, 3.05) is 32.4 Å². The van der Waals surface area contributed by atoms with Gasteiger partial charge in [0.25, 0.3) is 0 Å². The third kappa shape index (κ3) is 3.45. The van der Waals surface area contributed by atoms with Crippen LogP contribution in [0.25, 0.3) is 0 Å². The minimum atomic E-state index is -0.868. The molecule has 0 aromatic heterocycles. The van der Waals surface area contributed by atoms with E-state index < -0.39 is 11.0 Å². The van der Waals surface area contributed by atoms with Crippen LogP contribution < -0.4 is 0 Å². The Labute approximate surface area is 115 Å². The Morgan fingerprint density at radius 3 is 2.56 bits per heavy atom. The van der Waals surface area contributed by atoms with E-state index in [1.165, 1.54) is 0 Å². The van der Waals surface area contributed by atoms with E-state index in [9.17, 15) is 9.32 Å². The van der Waals surface area contributed by atoms with Gasteiger partial charge in [0.05, 0.1) is 16.0 Å². The molecular weight excluding hydrogens is 272 g/mol. The molecule has 100 valence electrons. The summed E-state index contributed by atoms with van der Waals surface area (Å²) >= 11 is 5.88. The predicted octanol–water partition coefficient (Wildman–Crippen LogP) is 1.46. The average molecular weight is 289 g/mol. The van der Waals surface area contributed by atoms with E-state index in [2.05, 4.69) is 4.90 Å². The second-order valence-electron chi connectivity index (χ2n) is 4.41. The molecule has 2 rings (SSSR count). The highest BCUT2D eigenvalue weighted by molar-refractivity contribution is 7.81. The standard InChI is InChI=1S/C12H17ClN2O2S/c1-18(17)15-6-4-14(5-7-15)9-10-2-3-12(16)11(13)8-10/h2-3,8,16H,4-7,9H2,1H3. The van der Waals surface area contributed by atoms with Gasteiger partial charge in [-0.3, -0.25) is 4.90 Å². The summed E-state index contributed by atoms with van der Waals surface area (Å²) in [6, 6.07) is 5.29. The maximum Gasteiger partial charge on any atom is 0.134 e. The van der Waals surface area contributed by atoms with Crippen LogP contribution in [0, 0.1) is 0 Å². The second-order valence-corrected chi connectivity index (χ2v) is 6.19. The number of hydrogen-bond acceptors (Lipinski definition) is 3. The number of phenols is 1. The van der Waals surface area contributed by atoms with Gasteiger partial charge in [0.2, 0.25) is 0 Å². The minimum absolute atomic E-state index is 0.117. The van der Waals surface area contributed by atoms with Crippen LogP contribution in [0.5, 0.6) is 5.75 Å². The summed E-state index contributed by atoms with van der Waals surface area (Å²) in [5.74, 6) is 0.117. The molecule has 0 amide bonds. The molecule has 1 aliphatic rings. The molecule has 1 N–H and O–H groups in total. The molecule has 1 atom stereocenters. The molecule has 0 aliphatic carbocycles. The van der Waals surface area contributed by atoms with Gasteiger partial charge in [0.15, 0.2) is 0 Å². The zero-order chi connectivity index (χ0) is 13.1. The first-order valence-electron chi connectivity index (χ1n) is 5.84. The monoisotopic (exact) mass is 288 g/mol. The first kappa shape index (κ1) is 13.8. The predicted molar refractivity (Wildman–Crippen MR) is 74.0 cm³/mol. The van der Waals surface area contributed by atoms with Crippen LogP contribution in [-0.2, 0) is 17.5 Å². The topological polar surface area (TPSA) is 43.8 Å². The van der Waals surface area contributed by atoms with Crippen molar-refractivity contribution < 1.29 is 9.32 Å². The maximum absolute atomic E-state index is 11.3. The van der Waals surface area contributed by atoms with E-state index in [0.29, 0.717) is 5.02 Å². The van der Waals surface area contributed by atoms with Crippen molar-refractivity contribution in [3.8, 4) is 5.75 Å². The fraction of sp³-hybridized carbons (Fsp3) is 0.500. The summed E-state index contributed by atoms with van der Waals surface area (Å²) in [6.07, 6.45) is 1.72. The largest absolute Gasteiger partial charge is 0.506 e. The molecule has 0 radical (unpaired) electrons. The minimum Gasteiger partial charge on any atom is -0.506 e. The van der Waals surface area contributed by atoms with Crippen LogP contribution in [0.15, 0.2) is 18.2 Å². The van der Waals surface area contributed by atoms with Gasteiger partial charge >= 0.3 is 0 Å². The van der Waals surface area contributed by atoms with Crippen LogP contribution in [0.4, 0.5) is 0 Å². The Morgan fingerprint density at radius 1 is 1.33 bits per heavy atom. The summed E-state index contributed by atoms with van der Waals surface area (Å²) in [7, 11) is -0.868. The number of piperazine rings is 1. The summed E-state index contributed by atoms with van der Waals surface area (Å²) < 4.78 is 13.3. The molecule has 0 spiro atoms. The van der Waals surface area contributed by atoms with Gasteiger partial charge in [-0.1, -0.05) is 17.7 Å². The van der Waals surface area contributed by atoms with E-state index >= 15 is 0 Å². The first-order chi connectivity index (χ1) is 8.56. The van der Waals surface area contributed by atoms with Crippen LogP contribution in [0.1, 0.15) is 5.56 Å². The molecule has 1 heterocycles. The smallest absolute Gasteiger partial charge is 0.134 e. The molecule has 1 saturated heterocycles. The third-order valence-corrected chi connectivity index (χ3v) is 4.51. The molecule has 1 aliphatic heterocycles. The van der Waals surface area contributed by atoms with E-state index in [0.717, 1.165) is 38.3 Å². The van der Waals surface area contributed by atoms with Gasteiger partial charge < -0.3 is 5.11 Å². The van der Waals surface area contributed by atoms with Crippen molar-refractivity contribution in [2.45, 2.75) is 6.54 Å². The van der Waals surface area contributed by atoms with Gasteiger partial charge in [0, 0.05) is 39.0 Å². The molecular formula is C12H17ClN2O2S. The summed E-state index contributed by atoms with van der Waals surface area (Å²) in [4.78, 5) is 2.30. The van der Waals surface area contributed by atoms with Crippen LogP contribution in [0.3, 0.4) is 0 Å². The lowest BCUT2D eigenvalue weighted by molar-refractivity contribution is 0.186. The Bertz CT molecular complexity index is 448. The van der Waals surface area contributed by atoms with Gasteiger partial charge in [-0.15, -0.1) is 0 Å². The SMILES string of the molecule is CS(=O)N1CCN(Cc2ccc(O)c(Cl)c2)CC1. The molecule has 18 heavy (non-hydrogen) atoms. The van der Waals surface area contributed by atoms with Crippen molar-refractivity contribution >= 4 is 22.6 Å². The van der Waals surface area contributed by atoms with E-state index in [1.54, 1.807) is 18.4 Å². The molecule has 0 bridgehead atoms. The van der Waals surface area contributed by atoms with Crippen molar-refractivity contribution in [1.29, 1.82) is 0 Å². The molecule has 6 heteroatoms. The zero-order valence-electron chi connectivity index (χ0n) is 10.3. The summed E-state index contributed by atoms with van der Waals surface area (Å²) in [6.45, 7) is 4.27. The normalized spacial score (nSPS) is 19.9. The van der Waals surface area contributed by atoms with Crippen molar-refractivity contribution in [2.24, 2.45) is 0 Å². The van der Waals surface area contributed by atoms with Gasteiger partial charge in [-0.25, -0.2) is 8.51 Å². The quantitative estimate of drug-likeness (QED) is 0.916. The number of benzene rings is 1. The molecule has 0 saturated carbocycles. The molecule has 1 aromatic rings. The van der Waals surface area contributed by atoms with E-state index in [4.69, 9.17) is 11.6 Å². The summed E-state index contributed by atoms with van der Waals surface area (Å²) in [5, 5.41) is 9.75. The molecule has 1 fully saturated rings. The number of hydrogen-bond donors (Lipinski definition) is 1. The van der Waals surface area contributed by atoms with Gasteiger partial charge in [0.1, 0.15) is 5.75 Å². The lowest BCUT2D eigenvalue weighted by atomic mass is 10.2. The number of phenolic OH excluding ortho intramolecular Hbond substituents is 1. The van der Waals surface area contributed by atoms with Crippen LogP contribution in [-0.4, -0.2) is 51.0 Å². The zero-order valence-corrected chi connectivity index (χ0v) is 11.9. The second kappa shape index (κ2) is 6.02. The highest BCUT2D eigenvalue weighted by Crippen LogP contribution is 2.24. The van der Waals surface area contributed by atoms with Crippen molar-refractivity contribution in [1.82, 2.24) is 9.21 Å². The average Bonchev–Trinajstić information content (AvgIpc) is 2.34. The number of rotatable bonds is 3. The molecule has 1 aromatic carbocycles. The Balaban J connectivity index is 1.91. The highest BCUT2D eigenvalue weighted by Gasteiger charge is 2.19. The van der Waals surface area contributed by atoms with Crippen molar-refractivity contribution in [3.63, 3.8) is 0 Å². The number of nitrogens with zero attached hydrogens (tertiary/aromatic N) is 2. The van der Waals surface area contributed by atoms with Crippen LogP contribution >= 0.6 is 11.6 Å². The first-order valence-corrected chi connectivity index (χ1v) is 7.74. The van der Waals surface area contributed by atoms with Crippen LogP contribution in [0.2, 0.25) is 5.02 Å².